The highest BCUT2D eigenvalue weighted by molar-refractivity contribution is 7.25. The molecule has 0 spiro atoms. The van der Waals surface area contributed by atoms with Gasteiger partial charge in [-0.25, -0.2) is 15.0 Å². The van der Waals surface area contributed by atoms with Crippen LogP contribution in [0, 0.1) is 11.8 Å². The van der Waals surface area contributed by atoms with Gasteiger partial charge in [-0.3, -0.25) is 0 Å². The number of benzene rings is 7. The number of nitrogens with zero attached hydrogens (tertiary/aromatic N) is 3. The van der Waals surface area contributed by atoms with Crippen molar-refractivity contribution in [2.45, 2.75) is 0 Å². The van der Waals surface area contributed by atoms with E-state index in [9.17, 15) is 0 Å². The fourth-order valence-corrected chi connectivity index (χ4v) is 9.90. The maximum atomic E-state index is 6.52. The molecular formula is C53H33N3OS. The van der Waals surface area contributed by atoms with E-state index >= 15 is 0 Å². The Kier molecular flexibility index (Phi) is 7.50. The second-order valence-corrected chi connectivity index (χ2v) is 16.2. The van der Waals surface area contributed by atoms with E-state index in [-0.39, 0.29) is 5.92 Å². The topological polar surface area (TPSA) is 51.8 Å². The van der Waals surface area contributed by atoms with Gasteiger partial charge in [0.05, 0.1) is 0 Å². The molecule has 0 radical (unpaired) electrons. The highest BCUT2D eigenvalue weighted by atomic mass is 32.1. The number of hydrogen-bond donors (Lipinski definition) is 0. The fourth-order valence-electron chi connectivity index (χ4n) is 8.75. The summed E-state index contributed by atoms with van der Waals surface area (Å²) in [4.78, 5) is 16.1. The van der Waals surface area contributed by atoms with Crippen molar-refractivity contribution in [1.29, 1.82) is 0 Å². The number of rotatable bonds is 5. The quantitative estimate of drug-likeness (QED) is 0.175. The van der Waals surface area contributed by atoms with Gasteiger partial charge in [0.2, 0.25) is 0 Å². The number of aromatic nitrogens is 3. The van der Waals surface area contributed by atoms with Gasteiger partial charge in [-0.2, -0.15) is 0 Å². The molecule has 0 amide bonds. The van der Waals surface area contributed by atoms with Crippen LogP contribution in [0.4, 0.5) is 0 Å². The van der Waals surface area contributed by atoms with Gasteiger partial charge in [0.1, 0.15) is 11.2 Å². The molecule has 0 aliphatic heterocycles. The minimum absolute atomic E-state index is 0.234. The van der Waals surface area contributed by atoms with Gasteiger partial charge in [-0.1, -0.05) is 146 Å². The lowest BCUT2D eigenvalue weighted by Gasteiger charge is -2.23. The SMILES string of the molecule is C1=CC2C=CC(c3nc(-c4ccc5cc(-c6ccccc6)ccc5c4)nc(-c4c(-c5ccc6c(c5)sc5ccccc56)ccc5oc6ccccc6c45)n3)=CC2C=C1. The molecule has 0 N–H and O–H groups in total. The molecule has 2 unspecified atom stereocenters. The van der Waals surface area contributed by atoms with E-state index in [0.717, 1.165) is 60.5 Å². The second-order valence-electron chi connectivity index (χ2n) is 15.1. The van der Waals surface area contributed by atoms with Crippen molar-refractivity contribution in [3.63, 3.8) is 0 Å². The van der Waals surface area contributed by atoms with E-state index in [1.54, 1.807) is 0 Å². The Bertz CT molecular complexity index is 3420. The Balaban J connectivity index is 1.10. The molecule has 0 bridgehead atoms. The largest absolute Gasteiger partial charge is 0.456 e. The Morgan fingerprint density at radius 1 is 0.466 bits per heavy atom. The van der Waals surface area contributed by atoms with Crippen molar-refractivity contribution in [2.24, 2.45) is 11.8 Å². The van der Waals surface area contributed by atoms with E-state index in [0.29, 0.717) is 23.4 Å². The van der Waals surface area contributed by atoms with Crippen molar-refractivity contribution in [1.82, 2.24) is 15.0 Å². The molecule has 7 aromatic carbocycles. The van der Waals surface area contributed by atoms with E-state index in [4.69, 9.17) is 19.4 Å². The molecule has 58 heavy (non-hydrogen) atoms. The smallest absolute Gasteiger partial charge is 0.165 e. The number of furan rings is 1. The first-order valence-electron chi connectivity index (χ1n) is 19.7. The monoisotopic (exact) mass is 759 g/mol. The molecule has 3 aromatic heterocycles. The summed E-state index contributed by atoms with van der Waals surface area (Å²) in [5.41, 5.74) is 9.00. The number of hydrogen-bond acceptors (Lipinski definition) is 5. The highest BCUT2D eigenvalue weighted by Crippen LogP contribution is 2.44. The van der Waals surface area contributed by atoms with Crippen LogP contribution in [0.3, 0.4) is 0 Å². The summed E-state index contributed by atoms with van der Waals surface area (Å²) in [6.07, 6.45) is 15.5. The van der Waals surface area contributed by atoms with Crippen molar-refractivity contribution >= 4 is 69.8 Å². The standard InChI is InChI=1S/C53H33N3OS/c1-2-10-32(11-3-1)35-19-20-37-30-40(23-21-36(37)28-35)52-54-51(39-22-18-33-12-4-5-13-34(33)29-39)55-53(56-52)50-41(26-27-46-49(50)44-15-6-8-16-45(44)57-46)38-24-25-43-42-14-7-9-17-47(42)58-48(43)31-38/h1-31,33-34H. The first-order chi connectivity index (χ1) is 28.7. The van der Waals surface area contributed by atoms with Crippen molar-refractivity contribution < 1.29 is 4.42 Å². The first-order valence-corrected chi connectivity index (χ1v) is 20.5. The van der Waals surface area contributed by atoms with Crippen LogP contribution < -0.4 is 0 Å². The summed E-state index contributed by atoms with van der Waals surface area (Å²) in [5.74, 6) is 2.43. The average molecular weight is 760 g/mol. The number of para-hydroxylation sites is 1. The fraction of sp³-hybridized carbons (Fsp3) is 0.0377. The van der Waals surface area contributed by atoms with E-state index in [1.807, 2.05) is 23.5 Å². The van der Waals surface area contributed by atoms with Crippen LogP contribution in [-0.4, -0.2) is 15.0 Å². The molecular weight excluding hydrogens is 727 g/mol. The molecule has 12 rings (SSSR count). The zero-order valence-electron chi connectivity index (χ0n) is 31.2. The van der Waals surface area contributed by atoms with Gasteiger partial charge in [0, 0.05) is 59.5 Å². The molecule has 0 saturated carbocycles. The normalized spacial score (nSPS) is 16.2. The van der Waals surface area contributed by atoms with Crippen molar-refractivity contribution in [3.05, 3.63) is 194 Å². The van der Waals surface area contributed by atoms with Gasteiger partial charge >= 0.3 is 0 Å². The van der Waals surface area contributed by atoms with Crippen LogP contribution in [0.1, 0.15) is 5.82 Å². The number of allylic oxidation sites excluding steroid dienone is 8. The van der Waals surface area contributed by atoms with Crippen LogP contribution in [0.5, 0.6) is 0 Å². The number of fused-ring (bicyclic) bond motifs is 8. The minimum Gasteiger partial charge on any atom is -0.456 e. The maximum absolute atomic E-state index is 6.52. The van der Waals surface area contributed by atoms with Gasteiger partial charge < -0.3 is 4.42 Å². The summed E-state index contributed by atoms with van der Waals surface area (Å²) in [5, 5.41) is 6.85. The summed E-state index contributed by atoms with van der Waals surface area (Å²) in [7, 11) is 0. The van der Waals surface area contributed by atoms with Crippen molar-refractivity contribution in [3.8, 4) is 45.0 Å². The van der Waals surface area contributed by atoms with Gasteiger partial charge in [-0.05, 0) is 75.5 Å². The Hall–Kier alpha value is -7.21. The summed E-state index contributed by atoms with van der Waals surface area (Å²) >= 11 is 1.83. The molecule has 0 fully saturated rings. The highest BCUT2D eigenvalue weighted by Gasteiger charge is 2.25. The molecule has 272 valence electrons. The van der Waals surface area contributed by atoms with Gasteiger partial charge in [0.25, 0.3) is 0 Å². The third-order valence-electron chi connectivity index (χ3n) is 11.6. The second kappa shape index (κ2) is 13.2. The van der Waals surface area contributed by atoms with Crippen molar-refractivity contribution in [2.75, 3.05) is 0 Å². The van der Waals surface area contributed by atoms with Crippen LogP contribution in [0.2, 0.25) is 0 Å². The molecule has 2 atom stereocenters. The van der Waals surface area contributed by atoms with Crippen LogP contribution >= 0.6 is 11.3 Å². The molecule has 3 heterocycles. The van der Waals surface area contributed by atoms with E-state index < -0.39 is 0 Å². The van der Waals surface area contributed by atoms with E-state index in [2.05, 4.69) is 176 Å². The molecule has 0 saturated heterocycles. The zero-order valence-corrected chi connectivity index (χ0v) is 32.0. The zero-order chi connectivity index (χ0) is 38.2. The lowest BCUT2D eigenvalue weighted by molar-refractivity contribution is 0.662. The Morgan fingerprint density at radius 2 is 1.17 bits per heavy atom. The summed E-state index contributed by atoms with van der Waals surface area (Å²) in [6, 6.07) is 51.6. The first kappa shape index (κ1) is 33.0. The third-order valence-corrected chi connectivity index (χ3v) is 12.8. The van der Waals surface area contributed by atoms with Gasteiger partial charge in [0.15, 0.2) is 17.5 Å². The average Bonchev–Trinajstić information content (AvgIpc) is 3.86. The predicted octanol–water partition coefficient (Wildman–Crippen LogP) is 14.3. The number of thiophene rings is 1. The maximum Gasteiger partial charge on any atom is 0.165 e. The van der Waals surface area contributed by atoms with Crippen LogP contribution in [0.25, 0.3) is 103 Å². The Labute approximate surface area is 338 Å². The minimum atomic E-state index is 0.234. The van der Waals surface area contributed by atoms with E-state index in [1.165, 1.54) is 31.3 Å². The molecule has 10 aromatic rings. The molecule has 2 aliphatic rings. The Morgan fingerprint density at radius 3 is 2.07 bits per heavy atom. The lowest BCUT2D eigenvalue weighted by Crippen LogP contribution is -2.12. The molecule has 4 nitrogen and oxygen atoms in total. The predicted molar refractivity (Wildman–Crippen MR) is 242 cm³/mol. The molecule has 2 aliphatic carbocycles. The molecule has 5 heteroatoms. The lowest BCUT2D eigenvalue weighted by atomic mass is 9.83. The van der Waals surface area contributed by atoms with Gasteiger partial charge in [-0.15, -0.1) is 11.3 Å². The van der Waals surface area contributed by atoms with Crippen LogP contribution in [0.15, 0.2) is 193 Å². The third kappa shape index (κ3) is 5.47. The van der Waals surface area contributed by atoms with Crippen LogP contribution in [-0.2, 0) is 0 Å². The summed E-state index contributed by atoms with van der Waals surface area (Å²) < 4.78 is 9.04. The summed E-state index contributed by atoms with van der Waals surface area (Å²) in [6.45, 7) is 0.